The molecule has 28 heavy (non-hydrogen) atoms. The summed E-state index contributed by atoms with van der Waals surface area (Å²) in [6, 6.07) is 5.55. The number of carbonyl (C=O) groups excluding carboxylic acids is 1. The highest BCUT2D eigenvalue weighted by Crippen LogP contribution is 2.12. The summed E-state index contributed by atoms with van der Waals surface area (Å²) in [5, 5.41) is 0. The van der Waals surface area contributed by atoms with Gasteiger partial charge in [-0.1, -0.05) is 6.07 Å². The zero-order chi connectivity index (χ0) is 20.6. The fourth-order valence-electron chi connectivity index (χ4n) is 2.74. The number of aromatic nitrogens is 4. The van der Waals surface area contributed by atoms with Crippen LogP contribution in [0.5, 0.6) is 0 Å². The number of imidazole rings is 1. The number of aryl methyl sites for hydroxylation is 1. The minimum absolute atomic E-state index is 0.0203. The standard InChI is InChI=1S/C17H18N4O6S/c1-19-14-13(15(22)20(2)17(19)24)21(10-18-14)7-8-27-16(23)11-5-4-6-12(9-11)28(3,25)26/h4-6,9-10H,7-8H2,1-3H3. The van der Waals surface area contributed by atoms with Gasteiger partial charge in [0.25, 0.3) is 5.56 Å². The van der Waals surface area contributed by atoms with Crippen molar-refractivity contribution in [1.29, 1.82) is 0 Å². The number of sulfone groups is 1. The lowest BCUT2D eigenvalue weighted by atomic mass is 10.2. The van der Waals surface area contributed by atoms with Crippen LogP contribution in [0, 0.1) is 0 Å². The van der Waals surface area contributed by atoms with Gasteiger partial charge in [0.05, 0.1) is 23.3 Å². The van der Waals surface area contributed by atoms with Crippen LogP contribution in [0.2, 0.25) is 0 Å². The average molecular weight is 406 g/mol. The lowest BCUT2D eigenvalue weighted by molar-refractivity contribution is 0.0492. The fraction of sp³-hybridized carbons (Fsp3) is 0.294. The van der Waals surface area contributed by atoms with Crippen LogP contribution in [0.1, 0.15) is 10.4 Å². The van der Waals surface area contributed by atoms with E-state index in [9.17, 15) is 22.8 Å². The first-order chi connectivity index (χ1) is 13.1. The lowest BCUT2D eigenvalue weighted by Crippen LogP contribution is -2.37. The van der Waals surface area contributed by atoms with Crippen molar-refractivity contribution in [2.24, 2.45) is 14.1 Å². The van der Waals surface area contributed by atoms with E-state index >= 15 is 0 Å². The van der Waals surface area contributed by atoms with Gasteiger partial charge in [0, 0.05) is 20.4 Å². The maximum Gasteiger partial charge on any atom is 0.338 e. The van der Waals surface area contributed by atoms with Gasteiger partial charge in [-0.2, -0.15) is 0 Å². The van der Waals surface area contributed by atoms with Crippen LogP contribution in [0.4, 0.5) is 0 Å². The van der Waals surface area contributed by atoms with E-state index in [1.807, 2.05) is 0 Å². The monoisotopic (exact) mass is 406 g/mol. The molecule has 1 aromatic carbocycles. The van der Waals surface area contributed by atoms with Crippen molar-refractivity contribution in [3.8, 4) is 0 Å². The van der Waals surface area contributed by atoms with Gasteiger partial charge < -0.3 is 9.30 Å². The Kier molecular flexibility index (Phi) is 4.94. The molecule has 2 heterocycles. The summed E-state index contributed by atoms with van der Waals surface area (Å²) in [4.78, 5) is 40.6. The van der Waals surface area contributed by atoms with Crippen LogP contribution in [0.15, 0.2) is 45.1 Å². The number of hydrogen-bond acceptors (Lipinski definition) is 7. The average Bonchev–Trinajstić information content (AvgIpc) is 3.08. The zero-order valence-electron chi connectivity index (χ0n) is 15.4. The Morgan fingerprint density at radius 1 is 1.18 bits per heavy atom. The summed E-state index contributed by atoms with van der Waals surface area (Å²) in [6.45, 7) is 0.0703. The maximum atomic E-state index is 12.4. The van der Waals surface area contributed by atoms with Crippen LogP contribution < -0.4 is 11.2 Å². The van der Waals surface area contributed by atoms with E-state index < -0.39 is 27.1 Å². The van der Waals surface area contributed by atoms with Crippen LogP contribution >= 0.6 is 0 Å². The molecule has 2 aromatic heterocycles. The van der Waals surface area contributed by atoms with Crippen LogP contribution in [-0.2, 0) is 35.2 Å². The van der Waals surface area contributed by atoms with Gasteiger partial charge in [0.1, 0.15) is 6.61 Å². The van der Waals surface area contributed by atoms with E-state index in [1.165, 1.54) is 53.8 Å². The van der Waals surface area contributed by atoms with Crippen molar-refractivity contribution in [1.82, 2.24) is 18.7 Å². The largest absolute Gasteiger partial charge is 0.460 e. The van der Waals surface area contributed by atoms with Crippen molar-refractivity contribution in [2.75, 3.05) is 12.9 Å². The van der Waals surface area contributed by atoms with Gasteiger partial charge in [-0.15, -0.1) is 0 Å². The van der Waals surface area contributed by atoms with Crippen molar-refractivity contribution >= 4 is 27.0 Å². The zero-order valence-corrected chi connectivity index (χ0v) is 16.3. The molecule has 148 valence electrons. The second-order valence-corrected chi connectivity index (χ2v) is 8.27. The third kappa shape index (κ3) is 3.48. The molecule has 0 aliphatic rings. The number of fused-ring (bicyclic) bond motifs is 1. The molecular weight excluding hydrogens is 388 g/mol. The number of ether oxygens (including phenoxy) is 1. The maximum absolute atomic E-state index is 12.4. The van der Waals surface area contributed by atoms with E-state index in [0.29, 0.717) is 0 Å². The SMILES string of the molecule is Cn1c(=O)c2c(ncn2CCOC(=O)c2cccc(S(C)(=O)=O)c2)n(C)c1=O. The first-order valence-corrected chi connectivity index (χ1v) is 10.1. The molecule has 3 rings (SSSR count). The van der Waals surface area contributed by atoms with Gasteiger partial charge >= 0.3 is 11.7 Å². The minimum atomic E-state index is -3.44. The lowest BCUT2D eigenvalue weighted by Gasteiger charge is -2.08. The number of esters is 1. The molecule has 0 saturated carbocycles. The summed E-state index contributed by atoms with van der Waals surface area (Å²) in [7, 11) is -0.559. The Bertz CT molecular complexity index is 1300. The van der Waals surface area contributed by atoms with E-state index in [-0.39, 0.29) is 34.8 Å². The van der Waals surface area contributed by atoms with Gasteiger partial charge in [0.2, 0.25) is 0 Å². The second kappa shape index (κ2) is 7.08. The smallest absolute Gasteiger partial charge is 0.338 e. The van der Waals surface area contributed by atoms with E-state index in [0.717, 1.165) is 10.8 Å². The Morgan fingerprint density at radius 3 is 2.57 bits per heavy atom. The predicted octanol–water partition coefficient (Wildman–Crippen LogP) is -0.306. The number of rotatable bonds is 5. The molecule has 0 atom stereocenters. The molecule has 0 radical (unpaired) electrons. The van der Waals surface area contributed by atoms with Crippen molar-refractivity contribution in [3.05, 3.63) is 57.0 Å². The summed E-state index contributed by atoms with van der Waals surface area (Å²) in [5.74, 6) is -0.685. The van der Waals surface area contributed by atoms with E-state index in [4.69, 9.17) is 4.74 Å². The molecule has 3 aromatic rings. The molecule has 0 spiro atoms. The summed E-state index contributed by atoms with van der Waals surface area (Å²) in [5.41, 5.74) is -0.417. The van der Waals surface area contributed by atoms with Crippen LogP contribution in [-0.4, -0.2) is 45.9 Å². The van der Waals surface area contributed by atoms with Crippen molar-refractivity contribution in [2.45, 2.75) is 11.4 Å². The van der Waals surface area contributed by atoms with Gasteiger partial charge in [-0.05, 0) is 18.2 Å². The Labute approximate surface area is 159 Å². The molecule has 0 fully saturated rings. The van der Waals surface area contributed by atoms with Gasteiger partial charge in [-0.25, -0.2) is 23.0 Å². The summed E-state index contributed by atoms with van der Waals surface area (Å²) >= 11 is 0. The first kappa shape index (κ1) is 19.5. The molecule has 0 aliphatic carbocycles. The predicted molar refractivity (Wildman–Crippen MR) is 100 cm³/mol. The highest BCUT2D eigenvalue weighted by atomic mass is 32.2. The number of carbonyl (C=O) groups is 1. The second-order valence-electron chi connectivity index (χ2n) is 6.25. The van der Waals surface area contributed by atoms with Gasteiger partial charge in [0.15, 0.2) is 21.0 Å². The summed E-state index contributed by atoms with van der Waals surface area (Å²) < 4.78 is 32.1. The molecule has 11 heteroatoms. The minimum Gasteiger partial charge on any atom is -0.460 e. The highest BCUT2D eigenvalue weighted by Gasteiger charge is 2.15. The fourth-order valence-corrected chi connectivity index (χ4v) is 3.41. The summed E-state index contributed by atoms with van der Waals surface area (Å²) in [6.07, 6.45) is 2.44. The van der Waals surface area contributed by atoms with Crippen molar-refractivity contribution in [3.63, 3.8) is 0 Å². The highest BCUT2D eigenvalue weighted by molar-refractivity contribution is 7.90. The topological polar surface area (TPSA) is 122 Å². The normalized spacial score (nSPS) is 11.7. The Hall–Kier alpha value is -3.21. The molecule has 0 amide bonds. The number of benzene rings is 1. The molecule has 0 bridgehead atoms. The third-order valence-corrected chi connectivity index (χ3v) is 5.39. The third-order valence-electron chi connectivity index (χ3n) is 4.28. The molecule has 0 unspecified atom stereocenters. The van der Waals surface area contributed by atoms with Crippen molar-refractivity contribution < 1.29 is 17.9 Å². The number of hydrogen-bond donors (Lipinski definition) is 0. The van der Waals surface area contributed by atoms with Crippen LogP contribution in [0.25, 0.3) is 11.2 Å². The Balaban J connectivity index is 1.78. The van der Waals surface area contributed by atoms with Gasteiger partial charge in [-0.3, -0.25) is 13.9 Å². The van der Waals surface area contributed by atoms with Crippen LogP contribution in [0.3, 0.4) is 0 Å². The molecule has 0 N–H and O–H groups in total. The molecular formula is C17H18N4O6S. The Morgan fingerprint density at radius 2 is 1.89 bits per heavy atom. The number of nitrogens with zero attached hydrogens (tertiary/aromatic N) is 4. The molecule has 0 saturated heterocycles. The molecule has 10 nitrogen and oxygen atoms in total. The molecule has 0 aliphatic heterocycles. The van der Waals surface area contributed by atoms with E-state index in [2.05, 4.69) is 4.98 Å². The van der Waals surface area contributed by atoms with E-state index in [1.54, 1.807) is 0 Å². The quantitative estimate of drug-likeness (QED) is 0.533. The first-order valence-electron chi connectivity index (χ1n) is 8.19.